The van der Waals surface area contributed by atoms with Crippen LogP contribution in [0.3, 0.4) is 0 Å². The molecular weight excluding hydrogens is 534 g/mol. The van der Waals surface area contributed by atoms with Gasteiger partial charge in [0.15, 0.2) is 6.29 Å². The van der Waals surface area contributed by atoms with Gasteiger partial charge in [0, 0.05) is 59.2 Å². The zero-order valence-electron chi connectivity index (χ0n) is 20.3. The zero-order chi connectivity index (χ0) is 24.5. The number of halogens is 1. The maximum absolute atomic E-state index is 10.8. The Balaban J connectivity index is 1.46. The molecule has 3 aliphatic rings. The standard InChI is InChI=1S/C26H38BrNO6S/c27-19-15-20(35-18-19)17-33-22-16-23(34-25-9-5-6-12-32-25)26(28-10-13-31-14-11-28)21(22)7-3-1-2-4-8-24(29)30/h1,3,15,18,21-23,25-26H,2,4-14,16-17H2,(H,29,30). The van der Waals surface area contributed by atoms with Crippen molar-refractivity contribution in [3.63, 3.8) is 0 Å². The molecular formula is C26H38BrNO6S. The van der Waals surface area contributed by atoms with Crippen LogP contribution in [-0.4, -0.2) is 73.4 Å². The Kier molecular flexibility index (Phi) is 11.1. The Morgan fingerprint density at radius 1 is 1.23 bits per heavy atom. The monoisotopic (exact) mass is 571 g/mol. The number of aliphatic carboxylic acids is 1. The summed E-state index contributed by atoms with van der Waals surface area (Å²) in [5.41, 5.74) is 0. The van der Waals surface area contributed by atoms with Crippen LogP contribution in [0.1, 0.15) is 56.2 Å². The van der Waals surface area contributed by atoms with E-state index in [0.29, 0.717) is 18.9 Å². The minimum atomic E-state index is -0.736. The van der Waals surface area contributed by atoms with Gasteiger partial charge in [0.2, 0.25) is 0 Å². The number of ether oxygens (including phenoxy) is 4. The van der Waals surface area contributed by atoms with Crippen molar-refractivity contribution in [1.82, 2.24) is 4.90 Å². The van der Waals surface area contributed by atoms with Crippen molar-refractivity contribution >= 4 is 33.2 Å². The number of hydrogen-bond acceptors (Lipinski definition) is 7. The zero-order valence-corrected chi connectivity index (χ0v) is 22.7. The van der Waals surface area contributed by atoms with Gasteiger partial charge >= 0.3 is 5.97 Å². The van der Waals surface area contributed by atoms with E-state index in [4.69, 9.17) is 24.1 Å². The van der Waals surface area contributed by atoms with Crippen LogP contribution in [-0.2, 0) is 30.3 Å². The number of carbonyl (C=O) groups is 1. The van der Waals surface area contributed by atoms with E-state index in [9.17, 15) is 4.79 Å². The highest BCUT2D eigenvalue weighted by Gasteiger charge is 2.48. The number of morpholine rings is 1. The van der Waals surface area contributed by atoms with E-state index in [2.05, 4.69) is 44.4 Å². The van der Waals surface area contributed by atoms with E-state index in [1.807, 2.05) is 0 Å². The highest BCUT2D eigenvalue weighted by molar-refractivity contribution is 9.10. The minimum absolute atomic E-state index is 0.0571. The Morgan fingerprint density at radius 2 is 2.09 bits per heavy atom. The Bertz CT molecular complexity index is 808. The lowest BCUT2D eigenvalue weighted by Crippen LogP contribution is -2.51. The second-order valence-corrected chi connectivity index (χ2v) is 11.5. The maximum Gasteiger partial charge on any atom is 0.303 e. The second-order valence-electron chi connectivity index (χ2n) is 9.58. The Hall–Kier alpha value is -0.810. The SMILES string of the molecule is O=C(O)CCCC=CCC1C(OCc2cc(Br)cs2)CC(OC2CCCCO2)C1N1CCOCC1. The Morgan fingerprint density at radius 3 is 2.80 bits per heavy atom. The van der Waals surface area contributed by atoms with Crippen LogP contribution < -0.4 is 0 Å². The molecule has 1 aliphatic carbocycles. The normalized spacial score (nSPS) is 30.3. The van der Waals surface area contributed by atoms with Gasteiger partial charge in [-0.05, 0) is 60.5 Å². The molecule has 196 valence electrons. The number of rotatable bonds is 12. The van der Waals surface area contributed by atoms with E-state index in [1.54, 1.807) is 11.3 Å². The fourth-order valence-electron chi connectivity index (χ4n) is 5.41. The van der Waals surface area contributed by atoms with E-state index < -0.39 is 5.97 Å². The van der Waals surface area contributed by atoms with Gasteiger partial charge in [0.25, 0.3) is 0 Å². The van der Waals surface area contributed by atoms with Gasteiger partial charge in [-0.1, -0.05) is 12.2 Å². The van der Waals surface area contributed by atoms with Gasteiger partial charge in [0.1, 0.15) is 0 Å². The first kappa shape index (κ1) is 27.2. The summed E-state index contributed by atoms with van der Waals surface area (Å²) in [6, 6.07) is 2.37. The van der Waals surface area contributed by atoms with E-state index >= 15 is 0 Å². The fraction of sp³-hybridized carbons (Fsp3) is 0.731. The molecule has 1 N–H and O–H groups in total. The number of carboxylic acids is 1. The highest BCUT2D eigenvalue weighted by atomic mass is 79.9. The lowest BCUT2D eigenvalue weighted by atomic mass is 9.94. The average Bonchev–Trinajstić information content (AvgIpc) is 3.43. The predicted molar refractivity (Wildman–Crippen MR) is 139 cm³/mol. The van der Waals surface area contributed by atoms with Gasteiger partial charge in [-0.15, -0.1) is 11.3 Å². The van der Waals surface area contributed by atoms with Crippen LogP contribution in [0.25, 0.3) is 0 Å². The molecule has 0 radical (unpaired) electrons. The van der Waals surface area contributed by atoms with E-state index in [0.717, 1.165) is 75.9 Å². The molecule has 5 unspecified atom stereocenters. The first-order valence-electron chi connectivity index (χ1n) is 12.9. The summed E-state index contributed by atoms with van der Waals surface area (Å²) in [5.74, 6) is -0.444. The molecule has 35 heavy (non-hydrogen) atoms. The summed E-state index contributed by atoms with van der Waals surface area (Å²) >= 11 is 5.25. The first-order valence-corrected chi connectivity index (χ1v) is 14.6. The van der Waals surface area contributed by atoms with Gasteiger partial charge in [-0.25, -0.2) is 0 Å². The molecule has 7 nitrogen and oxygen atoms in total. The van der Waals surface area contributed by atoms with Gasteiger partial charge in [-0.3, -0.25) is 9.69 Å². The molecule has 9 heteroatoms. The third-order valence-corrected chi connectivity index (χ3v) is 8.76. The molecule has 4 rings (SSSR count). The molecule has 3 heterocycles. The van der Waals surface area contributed by atoms with Crippen molar-refractivity contribution in [1.29, 1.82) is 0 Å². The lowest BCUT2D eigenvalue weighted by Gasteiger charge is -2.39. The lowest BCUT2D eigenvalue weighted by molar-refractivity contribution is -0.200. The van der Waals surface area contributed by atoms with E-state index in [-0.39, 0.29) is 31.0 Å². The molecule has 0 bridgehead atoms. The van der Waals surface area contributed by atoms with E-state index in [1.165, 1.54) is 4.88 Å². The van der Waals surface area contributed by atoms with Crippen LogP contribution in [0.5, 0.6) is 0 Å². The van der Waals surface area contributed by atoms with Crippen LogP contribution in [0.4, 0.5) is 0 Å². The molecule has 2 aliphatic heterocycles. The fourth-order valence-corrected chi connectivity index (χ4v) is 6.79. The van der Waals surface area contributed by atoms with Crippen LogP contribution >= 0.6 is 27.3 Å². The number of carboxylic acid groups (broad SMARTS) is 1. The number of nitrogens with zero attached hydrogens (tertiary/aromatic N) is 1. The van der Waals surface area contributed by atoms with Crippen LogP contribution in [0, 0.1) is 5.92 Å². The number of hydrogen-bond donors (Lipinski definition) is 1. The number of allylic oxidation sites excluding steroid dienone is 2. The third-order valence-electron chi connectivity index (χ3n) is 7.09. The van der Waals surface area contributed by atoms with Crippen molar-refractivity contribution in [2.75, 3.05) is 32.9 Å². The van der Waals surface area contributed by atoms with Gasteiger partial charge < -0.3 is 24.1 Å². The number of unbranched alkanes of at least 4 members (excludes halogenated alkanes) is 1. The second kappa shape index (κ2) is 14.2. The van der Waals surface area contributed by atoms with Crippen LogP contribution in [0.2, 0.25) is 0 Å². The molecule has 0 spiro atoms. The van der Waals surface area contributed by atoms with Crippen molar-refractivity contribution in [2.24, 2.45) is 5.92 Å². The largest absolute Gasteiger partial charge is 0.481 e. The molecule has 5 atom stereocenters. The first-order chi connectivity index (χ1) is 17.1. The summed E-state index contributed by atoms with van der Waals surface area (Å²) in [6.07, 6.45) is 11.0. The average molecular weight is 573 g/mol. The molecule has 0 aromatic carbocycles. The predicted octanol–water partition coefficient (Wildman–Crippen LogP) is 5.23. The summed E-state index contributed by atoms with van der Waals surface area (Å²) in [4.78, 5) is 14.6. The number of thiophene rings is 1. The smallest absolute Gasteiger partial charge is 0.303 e. The quantitative estimate of drug-likeness (QED) is 0.272. The maximum atomic E-state index is 10.8. The highest BCUT2D eigenvalue weighted by Crippen LogP contribution is 2.39. The third kappa shape index (κ3) is 8.35. The topological polar surface area (TPSA) is 77.5 Å². The molecule has 1 aromatic rings. The van der Waals surface area contributed by atoms with Crippen molar-refractivity contribution < 1.29 is 28.8 Å². The van der Waals surface area contributed by atoms with Crippen molar-refractivity contribution in [3.05, 3.63) is 32.9 Å². The van der Waals surface area contributed by atoms with Crippen LogP contribution in [0.15, 0.2) is 28.1 Å². The van der Waals surface area contributed by atoms with Crippen molar-refractivity contribution in [2.45, 2.75) is 82.5 Å². The summed E-state index contributed by atoms with van der Waals surface area (Å²) in [5, 5.41) is 11.0. The summed E-state index contributed by atoms with van der Waals surface area (Å²) in [6.45, 7) is 4.67. The van der Waals surface area contributed by atoms with Gasteiger partial charge in [0.05, 0.1) is 32.0 Å². The minimum Gasteiger partial charge on any atom is -0.481 e. The van der Waals surface area contributed by atoms with Gasteiger partial charge in [-0.2, -0.15) is 0 Å². The Labute approximate surface area is 220 Å². The summed E-state index contributed by atoms with van der Waals surface area (Å²) in [7, 11) is 0. The summed E-state index contributed by atoms with van der Waals surface area (Å²) < 4.78 is 25.9. The van der Waals surface area contributed by atoms with Crippen molar-refractivity contribution in [3.8, 4) is 0 Å². The molecule has 1 saturated carbocycles. The molecule has 1 aromatic heterocycles. The molecule has 2 saturated heterocycles. The molecule has 3 fully saturated rings. The molecule has 0 amide bonds.